The van der Waals surface area contributed by atoms with Crippen molar-refractivity contribution in [2.75, 3.05) is 13.1 Å². The van der Waals surface area contributed by atoms with Crippen molar-refractivity contribution in [2.45, 2.75) is 46.7 Å². The van der Waals surface area contributed by atoms with Gasteiger partial charge in [-0.2, -0.15) is 0 Å². The summed E-state index contributed by atoms with van der Waals surface area (Å²) in [5.74, 6) is 0.753. The van der Waals surface area contributed by atoms with Gasteiger partial charge >= 0.3 is 0 Å². The van der Waals surface area contributed by atoms with Gasteiger partial charge in [0.05, 0.1) is 6.54 Å². The molecule has 0 heterocycles. The van der Waals surface area contributed by atoms with Crippen molar-refractivity contribution in [1.29, 1.82) is 0 Å². The second-order valence-electron chi connectivity index (χ2n) is 6.13. The summed E-state index contributed by atoms with van der Waals surface area (Å²) in [6.07, 6.45) is 0. The number of carbonyl (C=O) groups is 1. The second kappa shape index (κ2) is 8.41. The van der Waals surface area contributed by atoms with Crippen molar-refractivity contribution in [3.05, 3.63) is 35.4 Å². The summed E-state index contributed by atoms with van der Waals surface area (Å²) in [5.41, 5.74) is 1.71. The number of hydrogen-bond acceptors (Lipinski definition) is 2. The van der Waals surface area contributed by atoms with Crippen LogP contribution in [0.3, 0.4) is 0 Å². The Morgan fingerprint density at radius 3 is 2.14 bits per heavy atom. The van der Waals surface area contributed by atoms with Gasteiger partial charge in [-0.25, -0.2) is 4.99 Å². The fourth-order valence-electron chi connectivity index (χ4n) is 1.86. The van der Waals surface area contributed by atoms with Crippen LogP contribution < -0.4 is 16.0 Å². The molecule has 0 aliphatic heterocycles. The van der Waals surface area contributed by atoms with Gasteiger partial charge in [-0.1, -0.05) is 12.1 Å². The number of amides is 1. The molecule has 5 nitrogen and oxygen atoms in total. The van der Waals surface area contributed by atoms with E-state index in [9.17, 15) is 4.79 Å². The standard InChI is InChI=1S/C17H28N4O/c1-6-18-15(22)14-10-8-13(9-11-14)12-20-16(19-7-2)21-17(3,4)5/h8-11H,6-7,12H2,1-5H3,(H,18,22)(H2,19,20,21). The fraction of sp³-hybridized carbons (Fsp3) is 0.529. The fourth-order valence-corrected chi connectivity index (χ4v) is 1.86. The van der Waals surface area contributed by atoms with Gasteiger partial charge in [-0.3, -0.25) is 4.79 Å². The first-order valence-corrected chi connectivity index (χ1v) is 7.79. The molecular formula is C17H28N4O. The SMILES string of the molecule is CCNC(=O)c1ccc(CN=C(NCC)NC(C)(C)C)cc1. The molecule has 0 atom stereocenters. The lowest BCUT2D eigenvalue weighted by molar-refractivity contribution is 0.0956. The van der Waals surface area contributed by atoms with Crippen LogP contribution in [0.15, 0.2) is 29.3 Å². The summed E-state index contributed by atoms with van der Waals surface area (Å²) in [5, 5.41) is 9.37. The molecule has 5 heteroatoms. The van der Waals surface area contributed by atoms with Crippen molar-refractivity contribution in [1.82, 2.24) is 16.0 Å². The van der Waals surface area contributed by atoms with Crippen LogP contribution in [-0.4, -0.2) is 30.5 Å². The summed E-state index contributed by atoms with van der Waals surface area (Å²) < 4.78 is 0. The first-order chi connectivity index (χ1) is 10.4. The lowest BCUT2D eigenvalue weighted by Gasteiger charge is -2.23. The Morgan fingerprint density at radius 2 is 1.64 bits per heavy atom. The van der Waals surface area contributed by atoms with E-state index in [1.165, 1.54) is 0 Å². The first kappa shape index (κ1) is 18.0. The minimum atomic E-state index is -0.0414. The molecule has 0 aromatic heterocycles. The highest BCUT2D eigenvalue weighted by Crippen LogP contribution is 2.06. The number of nitrogens with one attached hydrogen (secondary N) is 3. The zero-order valence-corrected chi connectivity index (χ0v) is 14.3. The van der Waals surface area contributed by atoms with Gasteiger partial charge in [-0.15, -0.1) is 0 Å². The van der Waals surface area contributed by atoms with Gasteiger partial charge in [0.15, 0.2) is 5.96 Å². The minimum absolute atomic E-state index is 0.0386. The summed E-state index contributed by atoms with van der Waals surface area (Å²) in [6.45, 7) is 12.3. The Kier molecular flexibility index (Phi) is 6.89. The average Bonchev–Trinajstić information content (AvgIpc) is 2.44. The molecule has 1 rings (SSSR count). The van der Waals surface area contributed by atoms with E-state index in [0.29, 0.717) is 18.7 Å². The molecule has 0 radical (unpaired) electrons. The second-order valence-corrected chi connectivity index (χ2v) is 6.13. The Balaban J connectivity index is 2.72. The number of aliphatic imine (C=N–C) groups is 1. The molecule has 0 bridgehead atoms. The highest BCUT2D eigenvalue weighted by atomic mass is 16.1. The van der Waals surface area contributed by atoms with Gasteiger partial charge in [0.2, 0.25) is 0 Å². The summed E-state index contributed by atoms with van der Waals surface area (Å²) in [4.78, 5) is 16.3. The summed E-state index contributed by atoms with van der Waals surface area (Å²) >= 11 is 0. The molecule has 1 aromatic carbocycles. The Morgan fingerprint density at radius 1 is 1.05 bits per heavy atom. The van der Waals surface area contributed by atoms with Crippen LogP contribution in [0.2, 0.25) is 0 Å². The quantitative estimate of drug-likeness (QED) is 0.577. The number of benzene rings is 1. The molecule has 0 aliphatic rings. The van der Waals surface area contributed by atoms with Gasteiger partial charge < -0.3 is 16.0 Å². The van der Waals surface area contributed by atoms with Crippen LogP contribution in [0, 0.1) is 0 Å². The molecule has 3 N–H and O–H groups in total. The first-order valence-electron chi connectivity index (χ1n) is 7.79. The summed E-state index contributed by atoms with van der Waals surface area (Å²) in [6, 6.07) is 7.55. The molecule has 0 unspecified atom stereocenters. The maximum Gasteiger partial charge on any atom is 0.251 e. The normalized spacial score (nSPS) is 12.0. The monoisotopic (exact) mass is 304 g/mol. The van der Waals surface area contributed by atoms with Crippen LogP contribution in [0.25, 0.3) is 0 Å². The lowest BCUT2D eigenvalue weighted by Crippen LogP contribution is -2.47. The van der Waals surface area contributed by atoms with Gasteiger partial charge in [0.25, 0.3) is 5.91 Å². The van der Waals surface area contributed by atoms with Crippen molar-refractivity contribution in [3.8, 4) is 0 Å². The van der Waals surface area contributed by atoms with E-state index >= 15 is 0 Å². The molecule has 0 aliphatic carbocycles. The van der Waals surface area contributed by atoms with E-state index in [2.05, 4.69) is 41.7 Å². The highest BCUT2D eigenvalue weighted by Gasteiger charge is 2.11. The van der Waals surface area contributed by atoms with E-state index in [4.69, 9.17) is 0 Å². The topological polar surface area (TPSA) is 65.5 Å². The van der Waals surface area contributed by atoms with Crippen molar-refractivity contribution >= 4 is 11.9 Å². The molecule has 0 saturated heterocycles. The molecule has 122 valence electrons. The third-order valence-electron chi connectivity index (χ3n) is 2.81. The molecule has 0 saturated carbocycles. The van der Waals surface area contributed by atoms with Crippen LogP contribution >= 0.6 is 0 Å². The Bertz CT molecular complexity index is 500. The van der Waals surface area contributed by atoms with Gasteiger partial charge in [0.1, 0.15) is 0 Å². The van der Waals surface area contributed by atoms with Crippen molar-refractivity contribution < 1.29 is 4.79 Å². The number of rotatable bonds is 5. The van der Waals surface area contributed by atoms with Crippen LogP contribution in [0.4, 0.5) is 0 Å². The number of hydrogen-bond donors (Lipinski definition) is 3. The van der Waals surface area contributed by atoms with E-state index in [1.807, 2.05) is 38.1 Å². The van der Waals surface area contributed by atoms with Gasteiger partial charge in [-0.05, 0) is 52.3 Å². The molecule has 22 heavy (non-hydrogen) atoms. The predicted octanol–water partition coefficient (Wildman–Crippen LogP) is 2.29. The van der Waals surface area contributed by atoms with E-state index in [0.717, 1.165) is 18.1 Å². The zero-order chi connectivity index (χ0) is 16.6. The van der Waals surface area contributed by atoms with Crippen LogP contribution in [0.5, 0.6) is 0 Å². The third kappa shape index (κ3) is 6.61. The largest absolute Gasteiger partial charge is 0.357 e. The minimum Gasteiger partial charge on any atom is -0.357 e. The maximum absolute atomic E-state index is 11.7. The van der Waals surface area contributed by atoms with E-state index < -0.39 is 0 Å². The van der Waals surface area contributed by atoms with Crippen molar-refractivity contribution in [2.24, 2.45) is 4.99 Å². The van der Waals surface area contributed by atoms with E-state index in [-0.39, 0.29) is 11.4 Å². The number of nitrogens with zero attached hydrogens (tertiary/aromatic N) is 1. The average molecular weight is 304 g/mol. The molecular weight excluding hydrogens is 276 g/mol. The highest BCUT2D eigenvalue weighted by molar-refractivity contribution is 5.94. The summed E-state index contributed by atoms with van der Waals surface area (Å²) in [7, 11) is 0. The van der Waals surface area contributed by atoms with Crippen molar-refractivity contribution in [3.63, 3.8) is 0 Å². The molecule has 1 aromatic rings. The smallest absolute Gasteiger partial charge is 0.251 e. The number of carbonyl (C=O) groups excluding carboxylic acids is 1. The zero-order valence-electron chi connectivity index (χ0n) is 14.3. The van der Waals surface area contributed by atoms with Crippen LogP contribution in [0.1, 0.15) is 50.5 Å². The maximum atomic E-state index is 11.7. The molecule has 1 amide bonds. The Hall–Kier alpha value is -2.04. The van der Waals surface area contributed by atoms with Crippen LogP contribution in [-0.2, 0) is 6.54 Å². The predicted molar refractivity (Wildman–Crippen MR) is 92.2 cm³/mol. The molecule has 0 fully saturated rings. The lowest BCUT2D eigenvalue weighted by atomic mass is 10.1. The van der Waals surface area contributed by atoms with Gasteiger partial charge in [0, 0.05) is 24.2 Å². The molecule has 0 spiro atoms. The van der Waals surface area contributed by atoms with E-state index in [1.54, 1.807) is 0 Å². The number of guanidine groups is 1. The third-order valence-corrected chi connectivity index (χ3v) is 2.81. The Labute approximate surface area is 133 Å².